The molecule has 1 atom stereocenters. The van der Waals surface area contributed by atoms with E-state index in [-0.39, 0.29) is 35.7 Å². The lowest BCUT2D eigenvalue weighted by molar-refractivity contribution is -0.129. The standard InChI is InChI=1S/C44H55N7O5/c1-44(2,3)56-43(55)45-29-31-10-14-35(15-11-31)40(53)28-37(42(54)46-38-22-20-36(21-23-38)41-47-49-50-48-41)27-30-8-12-32(13-9-30)33-16-18-34(19-17-33)39(52)7-6-26-51-24-4-5-25-51/h8-9,12-13,16-23,31,35,37H,4-7,10-11,14-15,24-29H2,1-3H3,(H,45,55)(H,46,54)(H,47,48,49,50). The molecule has 1 saturated carbocycles. The van der Waals surface area contributed by atoms with E-state index in [4.69, 9.17) is 4.74 Å². The number of benzene rings is 3. The Morgan fingerprint density at radius 2 is 1.50 bits per heavy atom. The van der Waals surface area contributed by atoms with E-state index >= 15 is 0 Å². The van der Waals surface area contributed by atoms with Gasteiger partial charge in [0.2, 0.25) is 11.7 Å². The molecule has 12 nitrogen and oxygen atoms in total. The van der Waals surface area contributed by atoms with E-state index in [0.717, 1.165) is 79.6 Å². The third kappa shape index (κ3) is 11.9. The minimum atomic E-state index is -0.576. The largest absolute Gasteiger partial charge is 0.444 e. The predicted molar refractivity (Wildman–Crippen MR) is 216 cm³/mol. The maximum atomic E-state index is 13.9. The van der Waals surface area contributed by atoms with Crippen LogP contribution in [-0.4, -0.2) is 80.9 Å². The first kappa shape index (κ1) is 40.4. The van der Waals surface area contributed by atoms with Crippen molar-refractivity contribution in [1.82, 2.24) is 30.8 Å². The van der Waals surface area contributed by atoms with Gasteiger partial charge in [0.1, 0.15) is 11.4 Å². The van der Waals surface area contributed by atoms with E-state index in [2.05, 4.69) is 36.2 Å². The number of hydrogen-bond acceptors (Lipinski definition) is 9. The van der Waals surface area contributed by atoms with Crippen molar-refractivity contribution in [2.45, 2.75) is 90.6 Å². The molecular formula is C44H55N7O5. The second kappa shape index (κ2) is 19.1. The average Bonchev–Trinajstić information content (AvgIpc) is 3.93. The first-order chi connectivity index (χ1) is 27.0. The van der Waals surface area contributed by atoms with Crippen LogP contribution in [0.3, 0.4) is 0 Å². The molecule has 296 valence electrons. The van der Waals surface area contributed by atoms with Gasteiger partial charge in [0, 0.05) is 48.0 Å². The Morgan fingerprint density at radius 3 is 2.12 bits per heavy atom. The van der Waals surface area contributed by atoms with Crippen LogP contribution in [0.15, 0.2) is 72.8 Å². The number of amides is 2. The Balaban J connectivity index is 1.06. The van der Waals surface area contributed by atoms with Crippen LogP contribution in [-0.2, 0) is 20.7 Å². The van der Waals surface area contributed by atoms with Crippen molar-refractivity contribution in [2.75, 3.05) is 31.5 Å². The lowest BCUT2D eigenvalue weighted by atomic mass is 9.77. The molecule has 0 spiro atoms. The molecule has 1 unspecified atom stereocenters. The number of carbonyl (C=O) groups excluding carboxylic acids is 4. The summed E-state index contributed by atoms with van der Waals surface area (Å²) in [6, 6.07) is 23.1. The summed E-state index contributed by atoms with van der Waals surface area (Å²) in [6.45, 7) is 9.30. The van der Waals surface area contributed by atoms with Crippen molar-refractivity contribution < 1.29 is 23.9 Å². The van der Waals surface area contributed by atoms with Crippen LogP contribution in [0.4, 0.5) is 10.5 Å². The second-order valence-electron chi connectivity index (χ2n) is 16.3. The van der Waals surface area contributed by atoms with Crippen molar-refractivity contribution in [3.05, 3.63) is 83.9 Å². The summed E-state index contributed by atoms with van der Waals surface area (Å²) in [5.74, 6) is 0.0891. The van der Waals surface area contributed by atoms with Gasteiger partial charge in [-0.25, -0.2) is 4.79 Å². The van der Waals surface area contributed by atoms with Gasteiger partial charge >= 0.3 is 6.09 Å². The van der Waals surface area contributed by atoms with E-state index in [1.54, 1.807) is 12.1 Å². The number of nitrogens with zero attached hydrogens (tertiary/aromatic N) is 4. The van der Waals surface area contributed by atoms with Crippen molar-refractivity contribution in [3.8, 4) is 22.5 Å². The Kier molecular flexibility index (Phi) is 13.8. The van der Waals surface area contributed by atoms with Gasteiger partial charge < -0.3 is 20.3 Å². The molecule has 2 aliphatic rings. The van der Waals surface area contributed by atoms with Gasteiger partial charge in [-0.2, -0.15) is 5.21 Å². The Bertz CT molecular complexity index is 1890. The minimum absolute atomic E-state index is 0.0958. The average molecular weight is 762 g/mol. The highest BCUT2D eigenvalue weighted by Gasteiger charge is 2.31. The zero-order valence-electron chi connectivity index (χ0n) is 32.9. The van der Waals surface area contributed by atoms with Crippen LogP contribution in [0, 0.1) is 17.8 Å². The molecule has 1 aromatic heterocycles. The SMILES string of the molecule is CC(C)(C)OC(=O)NCC1CCC(C(=O)CC(Cc2ccc(-c3ccc(C(=O)CCCN4CCCC4)cc3)cc2)C(=O)Nc2ccc(-c3nn[nH]n3)cc2)CC1. The third-order valence-electron chi connectivity index (χ3n) is 10.9. The van der Waals surface area contributed by atoms with E-state index in [9.17, 15) is 19.2 Å². The summed E-state index contributed by atoms with van der Waals surface area (Å²) in [6.07, 6.45) is 7.17. The smallest absolute Gasteiger partial charge is 0.407 e. The second-order valence-corrected chi connectivity index (χ2v) is 16.3. The number of alkyl carbamates (subject to hydrolysis) is 1. The number of hydrogen-bond donors (Lipinski definition) is 3. The van der Waals surface area contributed by atoms with Crippen molar-refractivity contribution in [1.29, 1.82) is 0 Å². The Hall–Kier alpha value is -5.23. The number of rotatable bonds is 16. The number of Topliss-reactive ketones (excluding diaryl/α,β-unsaturated/α-hetero) is 2. The molecule has 2 fully saturated rings. The van der Waals surface area contributed by atoms with Gasteiger partial charge in [0.15, 0.2) is 5.78 Å². The van der Waals surface area contributed by atoms with Crippen LogP contribution in [0.5, 0.6) is 0 Å². The number of aromatic amines is 1. The molecule has 4 aromatic rings. The number of aromatic nitrogens is 4. The number of anilines is 1. The van der Waals surface area contributed by atoms with E-state index in [1.165, 1.54) is 12.8 Å². The number of H-pyrrole nitrogens is 1. The third-order valence-corrected chi connectivity index (χ3v) is 10.9. The molecule has 6 rings (SSSR count). The first-order valence-corrected chi connectivity index (χ1v) is 20.1. The van der Waals surface area contributed by atoms with Gasteiger partial charge in [0.05, 0.1) is 0 Å². The monoisotopic (exact) mass is 761 g/mol. The summed E-state index contributed by atoms with van der Waals surface area (Å²) in [4.78, 5) is 55.1. The summed E-state index contributed by atoms with van der Waals surface area (Å²) >= 11 is 0. The van der Waals surface area contributed by atoms with E-state index in [1.807, 2.05) is 81.4 Å². The highest BCUT2D eigenvalue weighted by atomic mass is 16.6. The van der Waals surface area contributed by atoms with Gasteiger partial charge in [-0.15, -0.1) is 10.2 Å². The Labute approximate surface area is 329 Å². The number of likely N-dealkylation sites (tertiary alicyclic amines) is 1. The number of carbonyl (C=O) groups is 4. The maximum Gasteiger partial charge on any atom is 0.407 e. The fraction of sp³-hybridized carbons (Fsp3) is 0.477. The van der Waals surface area contributed by atoms with E-state index in [0.29, 0.717) is 30.9 Å². The van der Waals surface area contributed by atoms with Crippen molar-refractivity contribution in [2.24, 2.45) is 17.8 Å². The molecule has 56 heavy (non-hydrogen) atoms. The van der Waals surface area contributed by atoms with Crippen LogP contribution >= 0.6 is 0 Å². The van der Waals surface area contributed by atoms with Crippen LogP contribution in [0.2, 0.25) is 0 Å². The topological polar surface area (TPSA) is 159 Å². The van der Waals surface area contributed by atoms with Gasteiger partial charge in [0.25, 0.3) is 0 Å². The van der Waals surface area contributed by atoms with Gasteiger partial charge in [-0.1, -0.05) is 48.5 Å². The molecule has 1 aliphatic heterocycles. The molecule has 3 aromatic carbocycles. The molecule has 12 heteroatoms. The molecule has 1 aliphatic carbocycles. The predicted octanol–water partition coefficient (Wildman–Crippen LogP) is 7.68. The minimum Gasteiger partial charge on any atom is -0.444 e. The maximum absolute atomic E-state index is 13.9. The summed E-state index contributed by atoms with van der Waals surface area (Å²) in [7, 11) is 0. The molecule has 0 bridgehead atoms. The van der Waals surface area contributed by atoms with Gasteiger partial charge in [-0.3, -0.25) is 14.4 Å². The first-order valence-electron chi connectivity index (χ1n) is 20.1. The lowest BCUT2D eigenvalue weighted by Crippen LogP contribution is -2.37. The van der Waals surface area contributed by atoms with Crippen LogP contribution in [0.25, 0.3) is 22.5 Å². The lowest BCUT2D eigenvalue weighted by Gasteiger charge is -2.29. The molecule has 2 heterocycles. The summed E-state index contributed by atoms with van der Waals surface area (Å²) in [5.41, 5.74) is 4.53. The number of ether oxygens (including phenoxy) is 1. The number of tetrazole rings is 1. The molecule has 2 amide bonds. The van der Waals surface area contributed by atoms with Crippen molar-refractivity contribution in [3.63, 3.8) is 0 Å². The quantitative estimate of drug-likeness (QED) is 0.0974. The van der Waals surface area contributed by atoms with Crippen molar-refractivity contribution >= 4 is 29.3 Å². The molecule has 0 radical (unpaired) electrons. The van der Waals surface area contributed by atoms with Gasteiger partial charge in [-0.05, 0) is 144 Å². The molecule has 3 N–H and O–H groups in total. The highest BCUT2D eigenvalue weighted by Crippen LogP contribution is 2.32. The zero-order valence-corrected chi connectivity index (χ0v) is 32.9. The zero-order chi connectivity index (χ0) is 39.5. The van der Waals surface area contributed by atoms with Crippen LogP contribution in [0.1, 0.15) is 94.5 Å². The summed E-state index contributed by atoms with van der Waals surface area (Å²) in [5, 5.41) is 20.0. The molecule has 1 saturated heterocycles. The fourth-order valence-corrected chi connectivity index (χ4v) is 7.71. The summed E-state index contributed by atoms with van der Waals surface area (Å²) < 4.78 is 5.37. The number of nitrogens with one attached hydrogen (secondary N) is 3. The van der Waals surface area contributed by atoms with E-state index < -0.39 is 17.6 Å². The number of ketones is 2. The van der Waals surface area contributed by atoms with Crippen LogP contribution < -0.4 is 10.6 Å². The highest BCUT2D eigenvalue weighted by molar-refractivity contribution is 5.97. The molecular weight excluding hydrogens is 707 g/mol. The fourth-order valence-electron chi connectivity index (χ4n) is 7.71. The normalized spacial score (nSPS) is 17.9. The Morgan fingerprint density at radius 1 is 0.857 bits per heavy atom.